The van der Waals surface area contributed by atoms with Gasteiger partial charge in [0.2, 0.25) is 0 Å². The molecule has 132 valence electrons. The molecular formula is C17H17O7P. The topological polar surface area (TPSA) is 88.1 Å². The molecule has 2 aromatic carbocycles. The molecule has 0 saturated heterocycles. The fraction of sp³-hybridized carbons (Fsp3) is 0.294. The predicted octanol–water partition coefficient (Wildman–Crippen LogP) is 2.87. The van der Waals surface area contributed by atoms with Gasteiger partial charge in [0, 0.05) is 19.8 Å². The molecule has 0 bridgehead atoms. The lowest BCUT2D eigenvalue weighted by molar-refractivity contribution is -0.148. The van der Waals surface area contributed by atoms with E-state index < -0.39 is 31.1 Å². The van der Waals surface area contributed by atoms with Crippen molar-refractivity contribution in [3.05, 3.63) is 42.0 Å². The zero-order chi connectivity index (χ0) is 18.2. The van der Waals surface area contributed by atoms with Crippen molar-refractivity contribution in [2.45, 2.75) is 11.6 Å². The number of carbonyl (C=O) groups is 2. The van der Waals surface area contributed by atoms with Gasteiger partial charge in [-0.1, -0.05) is 30.3 Å². The van der Waals surface area contributed by atoms with Gasteiger partial charge in [-0.3, -0.25) is 14.2 Å². The van der Waals surface area contributed by atoms with Crippen LogP contribution in [0.25, 0.3) is 10.8 Å². The van der Waals surface area contributed by atoms with Gasteiger partial charge in [-0.2, -0.15) is 0 Å². The highest BCUT2D eigenvalue weighted by Gasteiger charge is 2.54. The Labute approximate surface area is 144 Å². The second kappa shape index (κ2) is 6.59. The molecule has 0 aliphatic carbocycles. The molecule has 0 spiro atoms. The van der Waals surface area contributed by atoms with Crippen LogP contribution in [-0.4, -0.2) is 38.9 Å². The number of fused-ring (bicyclic) bond motifs is 3. The van der Waals surface area contributed by atoms with Gasteiger partial charge < -0.3 is 18.5 Å². The number of hydrogen-bond donors (Lipinski definition) is 0. The fourth-order valence-electron chi connectivity index (χ4n) is 3.14. The molecule has 1 aliphatic rings. The highest BCUT2D eigenvalue weighted by molar-refractivity contribution is 7.55. The van der Waals surface area contributed by atoms with E-state index in [2.05, 4.69) is 0 Å². The maximum absolute atomic E-state index is 12.9. The van der Waals surface area contributed by atoms with Crippen molar-refractivity contribution in [1.82, 2.24) is 0 Å². The van der Waals surface area contributed by atoms with E-state index in [1.165, 1.54) is 7.11 Å². The lowest BCUT2D eigenvalue weighted by Crippen LogP contribution is -2.41. The molecule has 0 amide bonds. The van der Waals surface area contributed by atoms with Gasteiger partial charge in [-0.15, -0.1) is 0 Å². The Morgan fingerprint density at radius 1 is 1.08 bits per heavy atom. The van der Waals surface area contributed by atoms with E-state index in [4.69, 9.17) is 18.5 Å². The molecule has 1 aliphatic heterocycles. The van der Waals surface area contributed by atoms with Crippen molar-refractivity contribution in [2.75, 3.05) is 21.3 Å². The van der Waals surface area contributed by atoms with E-state index in [1.54, 1.807) is 24.3 Å². The maximum Gasteiger partial charge on any atom is 0.345 e. The van der Waals surface area contributed by atoms with Crippen LogP contribution in [0, 0.1) is 0 Å². The van der Waals surface area contributed by atoms with Crippen LogP contribution in [0.15, 0.2) is 36.4 Å². The number of methoxy groups -OCH3 is 1. The summed E-state index contributed by atoms with van der Waals surface area (Å²) in [4.78, 5) is 25.1. The third kappa shape index (κ3) is 2.74. The second-order valence-electron chi connectivity index (χ2n) is 5.47. The Balaban J connectivity index is 2.32. The summed E-state index contributed by atoms with van der Waals surface area (Å²) >= 11 is 0. The fourth-order valence-corrected chi connectivity index (χ4v) is 4.69. The minimum absolute atomic E-state index is 0.231. The lowest BCUT2D eigenvalue weighted by Gasteiger charge is -2.33. The normalized spacial score (nSPS) is 20.0. The minimum atomic E-state index is -3.94. The molecule has 0 fully saturated rings. The average Bonchev–Trinajstić information content (AvgIpc) is 2.65. The Morgan fingerprint density at radius 2 is 1.76 bits per heavy atom. The van der Waals surface area contributed by atoms with Gasteiger partial charge in [0.15, 0.2) is 5.66 Å². The van der Waals surface area contributed by atoms with Crippen LogP contribution >= 0.6 is 7.60 Å². The van der Waals surface area contributed by atoms with Crippen molar-refractivity contribution >= 4 is 30.3 Å². The molecule has 0 saturated carbocycles. The molecule has 3 rings (SSSR count). The standard InChI is InChI=1S/C17H17O7P/c1-21-16(18)14-13-11-7-5-4-6-10(11)8-9-12(13)24-17(19)15(14)25(20,22-2)23-3/h4-9,14-15H,1-3H3/t14-,15+/m1/s1. The number of ether oxygens (including phenoxy) is 2. The first-order chi connectivity index (χ1) is 12.0. The van der Waals surface area contributed by atoms with E-state index in [-0.39, 0.29) is 5.75 Å². The first-order valence-corrected chi connectivity index (χ1v) is 9.10. The van der Waals surface area contributed by atoms with E-state index in [0.717, 1.165) is 19.6 Å². The van der Waals surface area contributed by atoms with Crippen molar-refractivity contribution in [1.29, 1.82) is 0 Å². The van der Waals surface area contributed by atoms with Crippen molar-refractivity contribution in [2.24, 2.45) is 0 Å². The monoisotopic (exact) mass is 364 g/mol. The number of hydrogen-bond acceptors (Lipinski definition) is 7. The van der Waals surface area contributed by atoms with Crippen LogP contribution in [0.5, 0.6) is 5.75 Å². The first-order valence-electron chi connectivity index (χ1n) is 7.49. The van der Waals surface area contributed by atoms with Gasteiger partial charge in [-0.25, -0.2) is 0 Å². The van der Waals surface area contributed by atoms with E-state index in [1.807, 2.05) is 12.1 Å². The van der Waals surface area contributed by atoms with Crippen molar-refractivity contribution in [3.8, 4) is 5.75 Å². The van der Waals surface area contributed by atoms with E-state index in [9.17, 15) is 14.2 Å². The molecule has 8 heteroatoms. The molecule has 0 N–H and O–H groups in total. The molecular weight excluding hydrogens is 347 g/mol. The summed E-state index contributed by atoms with van der Waals surface area (Å²) in [5.41, 5.74) is -1.02. The van der Waals surface area contributed by atoms with Crippen LogP contribution in [0.4, 0.5) is 0 Å². The predicted molar refractivity (Wildman–Crippen MR) is 89.8 cm³/mol. The third-order valence-corrected chi connectivity index (χ3v) is 6.52. The third-order valence-electron chi connectivity index (χ3n) is 4.31. The lowest BCUT2D eigenvalue weighted by atomic mass is 9.88. The van der Waals surface area contributed by atoms with Crippen LogP contribution in [-0.2, 0) is 27.9 Å². The molecule has 2 atom stereocenters. The van der Waals surface area contributed by atoms with E-state index in [0.29, 0.717) is 10.9 Å². The van der Waals surface area contributed by atoms with Crippen molar-refractivity contribution < 1.29 is 32.7 Å². The van der Waals surface area contributed by atoms with Crippen LogP contribution in [0.2, 0.25) is 0 Å². The summed E-state index contributed by atoms with van der Waals surface area (Å²) in [7, 11) is -0.427. The summed E-state index contributed by atoms with van der Waals surface area (Å²) < 4.78 is 33.1. The average molecular weight is 364 g/mol. The Morgan fingerprint density at radius 3 is 2.40 bits per heavy atom. The number of carbonyl (C=O) groups excluding carboxylic acids is 2. The SMILES string of the molecule is COC(=O)[C@@H]1c2c(ccc3ccccc23)OC(=O)[C@H]1P(=O)(OC)OC. The Kier molecular flexibility index (Phi) is 4.64. The van der Waals surface area contributed by atoms with E-state index >= 15 is 0 Å². The summed E-state index contributed by atoms with van der Waals surface area (Å²) in [6.07, 6.45) is 0. The molecule has 0 radical (unpaired) electrons. The van der Waals surface area contributed by atoms with Gasteiger partial charge in [0.1, 0.15) is 11.7 Å². The minimum Gasteiger partial charge on any atom is -0.469 e. The van der Waals surface area contributed by atoms with Gasteiger partial charge in [0.05, 0.1) is 7.11 Å². The van der Waals surface area contributed by atoms with Crippen LogP contribution in [0.3, 0.4) is 0 Å². The number of esters is 2. The highest BCUT2D eigenvalue weighted by Crippen LogP contribution is 2.59. The smallest absolute Gasteiger partial charge is 0.345 e. The molecule has 2 aromatic rings. The van der Waals surface area contributed by atoms with Gasteiger partial charge in [0.25, 0.3) is 0 Å². The Hall–Kier alpha value is -2.21. The molecule has 0 unspecified atom stereocenters. The Bertz CT molecular complexity index is 884. The van der Waals surface area contributed by atoms with Crippen LogP contribution < -0.4 is 4.74 Å². The van der Waals surface area contributed by atoms with Crippen LogP contribution in [0.1, 0.15) is 11.5 Å². The molecule has 25 heavy (non-hydrogen) atoms. The summed E-state index contributed by atoms with van der Waals surface area (Å²) in [6, 6.07) is 10.7. The molecule has 7 nitrogen and oxygen atoms in total. The zero-order valence-electron chi connectivity index (χ0n) is 13.9. The first kappa shape index (κ1) is 17.6. The maximum atomic E-state index is 12.9. The highest BCUT2D eigenvalue weighted by atomic mass is 31.2. The summed E-state index contributed by atoms with van der Waals surface area (Å²) in [5.74, 6) is -2.51. The molecule has 1 heterocycles. The van der Waals surface area contributed by atoms with Crippen molar-refractivity contribution in [3.63, 3.8) is 0 Å². The molecule has 0 aromatic heterocycles. The van der Waals surface area contributed by atoms with Gasteiger partial charge >= 0.3 is 19.5 Å². The summed E-state index contributed by atoms with van der Waals surface area (Å²) in [5, 5.41) is 1.54. The van der Waals surface area contributed by atoms with Gasteiger partial charge in [-0.05, 0) is 16.8 Å². The quantitative estimate of drug-likeness (QED) is 0.468. The number of rotatable bonds is 4. The number of benzene rings is 2. The zero-order valence-corrected chi connectivity index (χ0v) is 14.8. The summed E-state index contributed by atoms with van der Waals surface area (Å²) in [6.45, 7) is 0. The largest absolute Gasteiger partial charge is 0.469 e. The second-order valence-corrected chi connectivity index (χ2v) is 7.84.